The van der Waals surface area contributed by atoms with E-state index < -0.39 is 0 Å². The number of aryl methyl sites for hydroxylation is 1. The molecule has 86 valence electrons. The van der Waals surface area contributed by atoms with Gasteiger partial charge in [0.05, 0.1) is 16.8 Å². The zero-order valence-corrected chi connectivity index (χ0v) is 10.5. The molecule has 1 N–H and O–H groups in total. The predicted molar refractivity (Wildman–Crippen MR) is 72.7 cm³/mol. The Labute approximate surface area is 106 Å². The van der Waals surface area contributed by atoms with Crippen molar-refractivity contribution < 1.29 is 0 Å². The van der Waals surface area contributed by atoms with E-state index >= 15 is 0 Å². The van der Waals surface area contributed by atoms with Crippen LogP contribution in [0.4, 0.5) is 5.69 Å². The Balaban J connectivity index is 1.91. The first-order chi connectivity index (χ1) is 8.24. The summed E-state index contributed by atoms with van der Waals surface area (Å²) in [6, 6.07) is 15.1. The first-order valence-corrected chi connectivity index (χ1v) is 6.22. The molecule has 3 rings (SSSR count). The molecule has 0 fully saturated rings. The molecule has 0 aromatic heterocycles. The summed E-state index contributed by atoms with van der Waals surface area (Å²) in [4.78, 5) is 0. The molecule has 1 nitrogen and oxygen atoms in total. The van der Waals surface area contributed by atoms with Crippen LogP contribution in [0.25, 0.3) is 0 Å². The fourth-order valence-corrected chi connectivity index (χ4v) is 2.59. The lowest BCUT2D eigenvalue weighted by Crippen LogP contribution is -2.05. The molecular weight excluding hydrogens is 230 g/mol. The summed E-state index contributed by atoms with van der Waals surface area (Å²) < 4.78 is 0. The predicted octanol–water partition coefficient (Wildman–Crippen LogP) is 4.36. The smallest absolute Gasteiger partial charge is 0.0640 e. The van der Waals surface area contributed by atoms with Crippen molar-refractivity contribution in [2.24, 2.45) is 0 Å². The Bertz CT molecular complexity index is 545. The van der Waals surface area contributed by atoms with E-state index in [2.05, 4.69) is 42.6 Å². The number of hydrogen-bond acceptors (Lipinski definition) is 1. The van der Waals surface area contributed by atoms with Crippen molar-refractivity contribution >= 4 is 17.3 Å². The number of fused-ring (bicyclic) bond motifs is 1. The van der Waals surface area contributed by atoms with Gasteiger partial charge in [0.1, 0.15) is 0 Å². The molecule has 1 aliphatic rings. The quantitative estimate of drug-likeness (QED) is 0.785. The number of benzene rings is 2. The van der Waals surface area contributed by atoms with Crippen LogP contribution in [0.15, 0.2) is 42.5 Å². The highest BCUT2D eigenvalue weighted by Crippen LogP contribution is 2.38. The molecule has 1 unspecified atom stereocenters. The van der Waals surface area contributed by atoms with Gasteiger partial charge in [0.15, 0.2) is 0 Å². The number of nitrogens with one attached hydrogen (secondary N) is 1. The maximum atomic E-state index is 6.19. The van der Waals surface area contributed by atoms with Crippen LogP contribution in [0, 0.1) is 6.92 Å². The first kappa shape index (κ1) is 10.7. The summed E-state index contributed by atoms with van der Waals surface area (Å²) in [6.07, 6.45) is 1.01. The summed E-state index contributed by atoms with van der Waals surface area (Å²) in [5.74, 6) is 0. The van der Waals surface area contributed by atoms with Gasteiger partial charge in [-0.25, -0.2) is 0 Å². The molecule has 0 saturated carbocycles. The minimum Gasteiger partial charge on any atom is -0.376 e. The average molecular weight is 244 g/mol. The topological polar surface area (TPSA) is 12.0 Å². The van der Waals surface area contributed by atoms with E-state index in [-0.39, 0.29) is 0 Å². The Morgan fingerprint density at radius 1 is 1.12 bits per heavy atom. The van der Waals surface area contributed by atoms with Crippen LogP contribution in [-0.2, 0) is 6.42 Å². The third-order valence-corrected chi connectivity index (χ3v) is 3.64. The highest BCUT2D eigenvalue weighted by atomic mass is 35.5. The highest BCUT2D eigenvalue weighted by Gasteiger charge is 2.23. The summed E-state index contributed by atoms with van der Waals surface area (Å²) >= 11 is 6.19. The van der Waals surface area contributed by atoms with E-state index in [4.69, 9.17) is 11.6 Å². The van der Waals surface area contributed by atoms with Crippen LogP contribution in [0.2, 0.25) is 5.02 Å². The van der Waals surface area contributed by atoms with Crippen molar-refractivity contribution in [3.63, 3.8) is 0 Å². The molecule has 2 aromatic carbocycles. The van der Waals surface area contributed by atoms with Gasteiger partial charge < -0.3 is 5.32 Å². The van der Waals surface area contributed by atoms with Crippen molar-refractivity contribution in [3.05, 3.63) is 64.2 Å². The Hall–Kier alpha value is -1.47. The van der Waals surface area contributed by atoms with Gasteiger partial charge in [-0.1, -0.05) is 53.6 Å². The average Bonchev–Trinajstić information content (AvgIpc) is 2.75. The van der Waals surface area contributed by atoms with E-state index in [9.17, 15) is 0 Å². The fourth-order valence-electron chi connectivity index (χ4n) is 2.35. The minimum atomic E-state index is 0.352. The Morgan fingerprint density at radius 3 is 2.59 bits per heavy atom. The van der Waals surface area contributed by atoms with E-state index in [1.807, 2.05) is 12.1 Å². The van der Waals surface area contributed by atoms with E-state index in [1.54, 1.807) is 0 Å². The van der Waals surface area contributed by atoms with Crippen molar-refractivity contribution in [2.75, 3.05) is 5.32 Å². The lowest BCUT2D eigenvalue weighted by molar-refractivity contribution is 0.824. The van der Waals surface area contributed by atoms with Crippen LogP contribution in [0.3, 0.4) is 0 Å². The second-order valence-corrected chi connectivity index (χ2v) is 4.99. The summed E-state index contributed by atoms with van der Waals surface area (Å²) in [5, 5.41) is 4.32. The van der Waals surface area contributed by atoms with Crippen molar-refractivity contribution in [3.8, 4) is 0 Å². The van der Waals surface area contributed by atoms with Crippen LogP contribution in [0.5, 0.6) is 0 Å². The molecule has 0 saturated heterocycles. The van der Waals surface area contributed by atoms with E-state index in [0.717, 1.165) is 17.1 Å². The summed E-state index contributed by atoms with van der Waals surface area (Å²) in [7, 11) is 0. The summed E-state index contributed by atoms with van der Waals surface area (Å²) in [6.45, 7) is 2.11. The molecule has 0 amide bonds. The second kappa shape index (κ2) is 4.08. The van der Waals surface area contributed by atoms with Crippen molar-refractivity contribution in [2.45, 2.75) is 19.4 Å². The lowest BCUT2D eigenvalue weighted by atomic mass is 10.0. The highest BCUT2D eigenvalue weighted by molar-refractivity contribution is 6.33. The van der Waals surface area contributed by atoms with Gasteiger partial charge in [0.25, 0.3) is 0 Å². The number of para-hydroxylation sites is 1. The zero-order valence-electron chi connectivity index (χ0n) is 9.70. The zero-order chi connectivity index (χ0) is 11.8. The molecule has 2 aromatic rings. The van der Waals surface area contributed by atoms with Crippen molar-refractivity contribution in [1.82, 2.24) is 0 Å². The van der Waals surface area contributed by atoms with Gasteiger partial charge in [-0.05, 0) is 30.5 Å². The first-order valence-electron chi connectivity index (χ1n) is 5.84. The Kier molecular flexibility index (Phi) is 2.56. The van der Waals surface area contributed by atoms with Crippen LogP contribution < -0.4 is 5.32 Å². The number of rotatable bonds is 1. The monoisotopic (exact) mass is 243 g/mol. The molecule has 2 heteroatoms. The maximum absolute atomic E-state index is 6.19. The molecule has 1 aliphatic heterocycles. The molecule has 1 atom stereocenters. The fraction of sp³-hybridized carbons (Fsp3) is 0.200. The number of hydrogen-bond donors (Lipinski definition) is 1. The van der Waals surface area contributed by atoms with Gasteiger partial charge in [0.2, 0.25) is 0 Å². The second-order valence-electron chi connectivity index (χ2n) is 4.59. The van der Waals surface area contributed by atoms with Crippen molar-refractivity contribution in [1.29, 1.82) is 0 Å². The van der Waals surface area contributed by atoms with E-state index in [0.29, 0.717) is 6.04 Å². The van der Waals surface area contributed by atoms with Gasteiger partial charge in [-0.15, -0.1) is 0 Å². The molecule has 17 heavy (non-hydrogen) atoms. The van der Waals surface area contributed by atoms with Crippen LogP contribution in [0.1, 0.15) is 22.7 Å². The lowest BCUT2D eigenvalue weighted by Gasteiger charge is -2.12. The molecule has 0 spiro atoms. The van der Waals surface area contributed by atoms with Gasteiger partial charge in [-0.2, -0.15) is 0 Å². The molecule has 0 aliphatic carbocycles. The standard InChI is InChI=1S/C15H14ClN/c1-10-5-7-11(8-6-10)14-9-12-3-2-4-13(16)15(12)17-14/h2-8,14,17H,9H2,1H3. The third kappa shape index (κ3) is 1.91. The molecular formula is C15H14ClN. The maximum Gasteiger partial charge on any atom is 0.0640 e. The van der Waals surface area contributed by atoms with Crippen LogP contribution in [-0.4, -0.2) is 0 Å². The number of anilines is 1. The molecule has 1 heterocycles. The Morgan fingerprint density at radius 2 is 1.88 bits per heavy atom. The SMILES string of the molecule is Cc1ccc(C2Cc3cccc(Cl)c3N2)cc1. The molecule has 0 radical (unpaired) electrons. The largest absolute Gasteiger partial charge is 0.376 e. The summed E-state index contributed by atoms with van der Waals surface area (Å²) in [5.41, 5.74) is 5.02. The van der Waals surface area contributed by atoms with Gasteiger partial charge >= 0.3 is 0 Å². The van der Waals surface area contributed by atoms with Gasteiger partial charge in [0, 0.05) is 0 Å². The normalized spacial score (nSPS) is 17.6. The molecule has 0 bridgehead atoms. The number of halogens is 1. The van der Waals surface area contributed by atoms with E-state index in [1.165, 1.54) is 16.7 Å². The minimum absolute atomic E-state index is 0.352. The van der Waals surface area contributed by atoms with Gasteiger partial charge in [-0.3, -0.25) is 0 Å². The van der Waals surface area contributed by atoms with Crippen LogP contribution >= 0.6 is 11.6 Å². The third-order valence-electron chi connectivity index (χ3n) is 3.32.